The van der Waals surface area contributed by atoms with Crippen LogP contribution in [0.4, 0.5) is 0 Å². The maximum Gasteiger partial charge on any atom is 0.186 e. The summed E-state index contributed by atoms with van der Waals surface area (Å²) >= 11 is 2.56. The number of methoxy groups -OCH3 is 3. The molecule has 1 aliphatic heterocycles. The molecule has 1 aromatic heterocycles. The molecule has 0 unspecified atom stereocenters. The fraction of sp³-hybridized carbons (Fsp3) is 0.208. The second-order valence-corrected chi connectivity index (χ2v) is 9.03. The molecule has 3 aromatic rings. The first-order valence-corrected chi connectivity index (χ1v) is 11.7. The highest BCUT2D eigenvalue weighted by atomic mass is 32.2. The van der Waals surface area contributed by atoms with Gasteiger partial charge in [0, 0.05) is 17.1 Å². The van der Waals surface area contributed by atoms with E-state index in [2.05, 4.69) is 4.98 Å². The number of aromatic nitrogens is 1. The van der Waals surface area contributed by atoms with Crippen LogP contribution in [0.15, 0.2) is 52.9 Å². The van der Waals surface area contributed by atoms with E-state index in [1.165, 1.54) is 23.1 Å². The molecule has 1 saturated heterocycles. The number of thiazole rings is 1. The van der Waals surface area contributed by atoms with Crippen LogP contribution < -0.4 is 18.9 Å². The smallest absolute Gasteiger partial charge is 0.186 e. The lowest BCUT2D eigenvalue weighted by atomic mass is 10.0. The predicted octanol–water partition coefficient (Wildman–Crippen LogP) is 5.17. The van der Waals surface area contributed by atoms with Crippen molar-refractivity contribution in [3.63, 3.8) is 0 Å². The van der Waals surface area contributed by atoms with E-state index in [1.54, 1.807) is 45.7 Å². The van der Waals surface area contributed by atoms with Crippen LogP contribution in [0.2, 0.25) is 0 Å². The fourth-order valence-corrected chi connectivity index (χ4v) is 5.19. The van der Waals surface area contributed by atoms with Crippen LogP contribution in [0.5, 0.6) is 23.0 Å². The van der Waals surface area contributed by atoms with E-state index in [0.29, 0.717) is 38.0 Å². The molecular weight excluding hydrogens is 460 g/mol. The van der Waals surface area contributed by atoms with Crippen LogP contribution in [0.3, 0.4) is 0 Å². The SMILES string of the molecule is COc1ccc(OC)c(COc2ccc(/C=C3\SC(=N)[C@@H](c4nccs4)C3=O)cc2OC)c1. The Hall–Kier alpha value is -3.30. The molecule has 170 valence electrons. The molecule has 0 saturated carbocycles. The van der Waals surface area contributed by atoms with Crippen molar-refractivity contribution in [2.45, 2.75) is 12.5 Å². The molecular formula is C24H22N2O5S2. The van der Waals surface area contributed by atoms with Crippen molar-refractivity contribution in [3.8, 4) is 23.0 Å². The van der Waals surface area contributed by atoms with Gasteiger partial charge >= 0.3 is 0 Å². The van der Waals surface area contributed by atoms with E-state index in [4.69, 9.17) is 24.4 Å². The quantitative estimate of drug-likeness (QED) is 0.443. The molecule has 4 rings (SSSR count). The average Bonchev–Trinajstić information content (AvgIpc) is 3.45. The topological polar surface area (TPSA) is 90.7 Å². The van der Waals surface area contributed by atoms with Crippen molar-refractivity contribution in [3.05, 3.63) is 69.0 Å². The standard InChI is InChI=1S/C24H22N2O5S2/c1-28-16-5-7-17(29-2)15(12-16)13-31-18-6-4-14(10-19(18)30-3)11-20-22(27)21(23(25)33-20)24-26-8-9-32-24/h4-12,21,25H,13H2,1-3H3/b20-11-,25-23?/t21-/m0/s1. The monoisotopic (exact) mass is 482 g/mol. The molecule has 0 aliphatic carbocycles. The summed E-state index contributed by atoms with van der Waals surface area (Å²) in [6.45, 7) is 0.262. The van der Waals surface area contributed by atoms with Gasteiger partial charge in [0.2, 0.25) is 0 Å². The molecule has 33 heavy (non-hydrogen) atoms. The molecule has 1 fully saturated rings. The number of benzene rings is 2. The minimum absolute atomic E-state index is 0.107. The Morgan fingerprint density at radius 2 is 1.82 bits per heavy atom. The third-order valence-corrected chi connectivity index (χ3v) is 6.88. The van der Waals surface area contributed by atoms with Crippen molar-refractivity contribution in [2.24, 2.45) is 0 Å². The zero-order valence-corrected chi connectivity index (χ0v) is 19.9. The van der Waals surface area contributed by atoms with Crippen LogP contribution in [0.25, 0.3) is 6.08 Å². The number of allylic oxidation sites excluding steroid dienone is 1. The van der Waals surface area contributed by atoms with Gasteiger partial charge in [0.05, 0.1) is 31.3 Å². The number of nitrogens with one attached hydrogen (secondary N) is 1. The van der Waals surface area contributed by atoms with Crippen LogP contribution in [0, 0.1) is 5.41 Å². The third-order valence-electron chi connectivity index (χ3n) is 5.04. The number of rotatable bonds is 8. The second kappa shape index (κ2) is 10.1. The zero-order valence-electron chi connectivity index (χ0n) is 18.3. The summed E-state index contributed by atoms with van der Waals surface area (Å²) in [6.07, 6.45) is 3.42. The lowest BCUT2D eigenvalue weighted by Gasteiger charge is -2.14. The lowest BCUT2D eigenvalue weighted by Crippen LogP contribution is -2.11. The molecule has 0 bridgehead atoms. The molecule has 0 spiro atoms. The van der Waals surface area contributed by atoms with Crippen LogP contribution in [-0.2, 0) is 11.4 Å². The minimum atomic E-state index is -0.608. The van der Waals surface area contributed by atoms with Crippen molar-refractivity contribution >= 4 is 40.0 Å². The normalized spacial score (nSPS) is 16.8. The van der Waals surface area contributed by atoms with E-state index in [-0.39, 0.29) is 12.4 Å². The Labute approximate surface area is 199 Å². The predicted molar refractivity (Wildman–Crippen MR) is 130 cm³/mol. The van der Waals surface area contributed by atoms with Crippen molar-refractivity contribution in [2.75, 3.05) is 21.3 Å². The number of ether oxygens (including phenoxy) is 4. The number of hydrogen-bond acceptors (Lipinski definition) is 9. The molecule has 1 N–H and O–H groups in total. The number of Topliss-reactive ketones (excluding diaryl/α,β-unsaturated/α-hetero) is 1. The summed E-state index contributed by atoms with van der Waals surface area (Å²) in [5, 5.41) is 11.0. The Morgan fingerprint density at radius 1 is 1.03 bits per heavy atom. The van der Waals surface area contributed by atoms with E-state index >= 15 is 0 Å². The number of hydrogen-bond donors (Lipinski definition) is 1. The highest BCUT2D eigenvalue weighted by Gasteiger charge is 2.38. The first-order valence-electron chi connectivity index (χ1n) is 9.97. The maximum absolute atomic E-state index is 12.9. The molecule has 7 nitrogen and oxygen atoms in total. The van der Waals surface area contributed by atoms with Gasteiger partial charge in [-0.15, -0.1) is 11.3 Å². The Kier molecular flexibility index (Phi) is 7.00. The van der Waals surface area contributed by atoms with Crippen LogP contribution in [-0.4, -0.2) is 37.1 Å². The van der Waals surface area contributed by atoms with Gasteiger partial charge in [-0.25, -0.2) is 4.98 Å². The second-order valence-electron chi connectivity index (χ2n) is 7.02. The van der Waals surface area contributed by atoms with Gasteiger partial charge in [0.15, 0.2) is 17.3 Å². The zero-order chi connectivity index (χ0) is 23.4. The maximum atomic E-state index is 12.9. The Balaban J connectivity index is 1.53. The van der Waals surface area contributed by atoms with Gasteiger partial charge in [-0.3, -0.25) is 10.2 Å². The first kappa shape index (κ1) is 22.9. The number of thioether (sulfide) groups is 1. The van der Waals surface area contributed by atoms with Crippen molar-refractivity contribution < 1.29 is 23.7 Å². The summed E-state index contributed by atoms with van der Waals surface area (Å²) in [5.41, 5.74) is 1.62. The largest absolute Gasteiger partial charge is 0.497 e. The molecule has 1 atom stereocenters. The van der Waals surface area contributed by atoms with Gasteiger partial charge in [-0.1, -0.05) is 17.8 Å². The lowest BCUT2D eigenvalue weighted by molar-refractivity contribution is -0.114. The Morgan fingerprint density at radius 3 is 2.52 bits per heavy atom. The summed E-state index contributed by atoms with van der Waals surface area (Å²) < 4.78 is 22.2. The summed E-state index contributed by atoms with van der Waals surface area (Å²) in [4.78, 5) is 17.6. The van der Waals surface area contributed by atoms with Gasteiger partial charge in [-0.05, 0) is 42.0 Å². The number of carbonyl (C=O) groups is 1. The van der Waals surface area contributed by atoms with Gasteiger partial charge < -0.3 is 18.9 Å². The highest BCUT2D eigenvalue weighted by Crippen LogP contribution is 2.41. The molecule has 2 heterocycles. The van der Waals surface area contributed by atoms with Crippen molar-refractivity contribution in [1.82, 2.24) is 4.98 Å². The molecule has 0 amide bonds. The number of carbonyl (C=O) groups excluding carboxylic acids is 1. The van der Waals surface area contributed by atoms with E-state index < -0.39 is 5.92 Å². The number of nitrogens with zero attached hydrogens (tertiary/aromatic N) is 1. The summed E-state index contributed by atoms with van der Waals surface area (Å²) in [5.74, 6) is 1.79. The highest BCUT2D eigenvalue weighted by molar-refractivity contribution is 8.19. The van der Waals surface area contributed by atoms with Crippen LogP contribution >= 0.6 is 23.1 Å². The van der Waals surface area contributed by atoms with Gasteiger partial charge in [-0.2, -0.15) is 0 Å². The van der Waals surface area contributed by atoms with Gasteiger partial charge in [0.25, 0.3) is 0 Å². The molecule has 9 heteroatoms. The molecule has 2 aromatic carbocycles. The molecule has 1 aliphatic rings. The third kappa shape index (κ3) is 4.89. The van der Waals surface area contributed by atoms with E-state index in [0.717, 1.165) is 11.1 Å². The van der Waals surface area contributed by atoms with E-state index in [1.807, 2.05) is 29.6 Å². The van der Waals surface area contributed by atoms with Crippen LogP contribution in [0.1, 0.15) is 22.1 Å². The fourth-order valence-electron chi connectivity index (χ4n) is 3.39. The van der Waals surface area contributed by atoms with E-state index in [9.17, 15) is 4.79 Å². The van der Waals surface area contributed by atoms with Gasteiger partial charge in [0.1, 0.15) is 29.0 Å². The molecule has 0 radical (unpaired) electrons. The number of ketones is 1. The first-order chi connectivity index (χ1) is 16.0. The summed E-state index contributed by atoms with van der Waals surface area (Å²) in [6, 6.07) is 11.0. The minimum Gasteiger partial charge on any atom is -0.497 e. The average molecular weight is 483 g/mol. The Bertz CT molecular complexity index is 1210. The van der Waals surface area contributed by atoms with Crippen molar-refractivity contribution in [1.29, 1.82) is 5.41 Å². The summed E-state index contributed by atoms with van der Waals surface area (Å²) in [7, 11) is 4.78.